The van der Waals surface area contributed by atoms with Crippen LogP contribution in [0.1, 0.15) is 49.3 Å². The third kappa shape index (κ3) is 7.23. The van der Waals surface area contributed by atoms with Crippen molar-refractivity contribution in [2.45, 2.75) is 40.8 Å². The van der Waals surface area contributed by atoms with Crippen molar-refractivity contribution < 1.29 is 14.8 Å². The molecule has 0 aliphatic heterocycles. The van der Waals surface area contributed by atoms with Crippen molar-refractivity contribution in [2.24, 2.45) is 0 Å². The van der Waals surface area contributed by atoms with Crippen LogP contribution in [0.5, 0.6) is 0 Å². The number of hydrogen-bond acceptors (Lipinski definition) is 2. The number of aryl methyl sites for hydroxylation is 4. The van der Waals surface area contributed by atoms with Crippen LogP contribution in [0.2, 0.25) is 0 Å². The molecule has 0 unspecified atom stereocenters. The SMILES string of the molecule is Cc1cc(C)cc(C[NH2+]Cc2ccc(/C=C/COC(=O)c3cc(C)cc(C)c3)cc2)c1. The molecule has 0 radical (unpaired) electrons. The van der Waals surface area contributed by atoms with E-state index >= 15 is 0 Å². The number of rotatable bonds is 8. The van der Waals surface area contributed by atoms with Gasteiger partial charge in [-0.15, -0.1) is 0 Å². The first-order valence-electron chi connectivity index (χ1n) is 10.8. The summed E-state index contributed by atoms with van der Waals surface area (Å²) in [6, 6.07) is 21.0. The summed E-state index contributed by atoms with van der Waals surface area (Å²) in [5.74, 6) is -0.286. The summed E-state index contributed by atoms with van der Waals surface area (Å²) >= 11 is 0. The highest BCUT2D eigenvalue weighted by atomic mass is 16.5. The van der Waals surface area contributed by atoms with Crippen LogP contribution >= 0.6 is 0 Å². The summed E-state index contributed by atoms with van der Waals surface area (Å²) < 4.78 is 5.36. The number of ether oxygens (including phenoxy) is 1. The number of carbonyl (C=O) groups excluding carboxylic acids is 1. The highest BCUT2D eigenvalue weighted by molar-refractivity contribution is 5.89. The molecule has 3 aromatic carbocycles. The first-order valence-corrected chi connectivity index (χ1v) is 10.8. The topological polar surface area (TPSA) is 42.9 Å². The predicted molar refractivity (Wildman–Crippen MR) is 127 cm³/mol. The van der Waals surface area contributed by atoms with Crippen molar-refractivity contribution in [2.75, 3.05) is 6.61 Å². The zero-order valence-corrected chi connectivity index (χ0v) is 18.9. The second-order valence-corrected chi connectivity index (χ2v) is 8.31. The molecule has 0 aliphatic rings. The lowest BCUT2D eigenvalue weighted by Gasteiger charge is -2.06. The van der Waals surface area contributed by atoms with Crippen molar-refractivity contribution in [3.63, 3.8) is 0 Å². The minimum atomic E-state index is -0.286. The largest absolute Gasteiger partial charge is 0.458 e. The fourth-order valence-electron chi connectivity index (χ4n) is 3.84. The molecule has 3 heteroatoms. The highest BCUT2D eigenvalue weighted by Crippen LogP contribution is 2.11. The van der Waals surface area contributed by atoms with Crippen LogP contribution in [0.15, 0.2) is 66.7 Å². The molecule has 0 amide bonds. The van der Waals surface area contributed by atoms with Gasteiger partial charge in [-0.1, -0.05) is 76.9 Å². The molecule has 3 nitrogen and oxygen atoms in total. The Morgan fingerprint density at radius 1 is 0.774 bits per heavy atom. The standard InChI is InChI=1S/C28H31NO2/c1-20-12-21(2)15-26(14-20)19-29-18-25-9-7-24(8-10-25)6-5-11-31-28(30)27-16-22(3)13-23(4)17-27/h5-10,12-17,29H,11,18-19H2,1-4H3/p+1/b6-5+. The molecule has 2 N–H and O–H groups in total. The summed E-state index contributed by atoms with van der Waals surface area (Å²) in [6.07, 6.45) is 3.86. The smallest absolute Gasteiger partial charge is 0.338 e. The van der Waals surface area contributed by atoms with Gasteiger partial charge in [0.15, 0.2) is 0 Å². The summed E-state index contributed by atoms with van der Waals surface area (Å²) in [5.41, 5.74) is 9.13. The molecular weight excluding hydrogens is 382 g/mol. The van der Waals surface area contributed by atoms with Gasteiger partial charge in [0.2, 0.25) is 0 Å². The van der Waals surface area contributed by atoms with Crippen molar-refractivity contribution in [3.8, 4) is 0 Å². The fourth-order valence-corrected chi connectivity index (χ4v) is 3.84. The summed E-state index contributed by atoms with van der Waals surface area (Å²) in [4.78, 5) is 12.2. The van der Waals surface area contributed by atoms with Crippen LogP contribution in [0.3, 0.4) is 0 Å². The van der Waals surface area contributed by atoms with Gasteiger partial charge in [-0.2, -0.15) is 0 Å². The van der Waals surface area contributed by atoms with Crippen LogP contribution in [-0.4, -0.2) is 12.6 Å². The predicted octanol–water partition coefficient (Wildman–Crippen LogP) is 5.05. The van der Waals surface area contributed by atoms with Crippen LogP contribution in [0.25, 0.3) is 6.08 Å². The first-order chi connectivity index (χ1) is 14.9. The van der Waals surface area contributed by atoms with Gasteiger partial charge >= 0.3 is 5.97 Å². The average Bonchev–Trinajstić information content (AvgIpc) is 2.70. The molecular formula is C28H32NO2+. The van der Waals surface area contributed by atoms with E-state index in [1.54, 1.807) is 0 Å². The number of hydrogen-bond donors (Lipinski definition) is 1. The van der Waals surface area contributed by atoms with E-state index in [1.807, 2.05) is 44.2 Å². The third-order valence-corrected chi connectivity index (χ3v) is 5.10. The Morgan fingerprint density at radius 2 is 1.32 bits per heavy atom. The molecule has 0 heterocycles. The van der Waals surface area contributed by atoms with E-state index < -0.39 is 0 Å². The maximum absolute atomic E-state index is 12.2. The molecule has 0 bridgehead atoms. The Bertz CT molecular complexity index is 1020. The molecule has 160 valence electrons. The normalized spacial score (nSPS) is 11.1. The monoisotopic (exact) mass is 414 g/mol. The molecule has 3 rings (SSSR count). The number of quaternary nitrogens is 1. The number of nitrogens with two attached hydrogens (primary N) is 1. The number of carbonyl (C=O) groups is 1. The maximum Gasteiger partial charge on any atom is 0.338 e. The molecule has 0 spiro atoms. The van der Waals surface area contributed by atoms with E-state index in [4.69, 9.17) is 4.74 Å². The Kier molecular flexibility index (Phi) is 7.80. The molecule has 0 aliphatic carbocycles. The lowest BCUT2D eigenvalue weighted by atomic mass is 10.1. The van der Waals surface area contributed by atoms with Gasteiger partial charge in [0.05, 0.1) is 5.56 Å². The third-order valence-electron chi connectivity index (χ3n) is 5.10. The molecule has 0 fully saturated rings. The van der Waals surface area contributed by atoms with E-state index in [2.05, 4.69) is 61.6 Å². The second-order valence-electron chi connectivity index (χ2n) is 8.31. The molecule has 0 saturated heterocycles. The van der Waals surface area contributed by atoms with Crippen LogP contribution < -0.4 is 5.32 Å². The van der Waals surface area contributed by atoms with Crippen LogP contribution in [0.4, 0.5) is 0 Å². The minimum Gasteiger partial charge on any atom is -0.458 e. The maximum atomic E-state index is 12.2. The Labute approximate surface area is 185 Å². The van der Waals surface area contributed by atoms with Gasteiger partial charge < -0.3 is 10.1 Å². The van der Waals surface area contributed by atoms with Crippen LogP contribution in [-0.2, 0) is 17.8 Å². The Hall–Kier alpha value is -3.17. The Balaban J connectivity index is 1.44. The second kappa shape index (κ2) is 10.7. The molecule has 31 heavy (non-hydrogen) atoms. The van der Waals surface area contributed by atoms with Crippen molar-refractivity contribution in [3.05, 3.63) is 111 Å². The molecule has 0 saturated carbocycles. The number of esters is 1. The summed E-state index contributed by atoms with van der Waals surface area (Å²) in [6.45, 7) is 10.4. The quantitative estimate of drug-likeness (QED) is 0.524. The van der Waals surface area contributed by atoms with Gasteiger partial charge in [0.1, 0.15) is 19.7 Å². The lowest BCUT2D eigenvalue weighted by Crippen LogP contribution is -2.80. The number of benzene rings is 3. The average molecular weight is 415 g/mol. The summed E-state index contributed by atoms with van der Waals surface area (Å²) in [7, 11) is 0. The van der Waals surface area contributed by atoms with Crippen molar-refractivity contribution in [1.82, 2.24) is 0 Å². The van der Waals surface area contributed by atoms with E-state index in [0.29, 0.717) is 5.56 Å². The van der Waals surface area contributed by atoms with Gasteiger partial charge in [0.25, 0.3) is 0 Å². The van der Waals surface area contributed by atoms with Gasteiger partial charge in [-0.25, -0.2) is 4.79 Å². The van der Waals surface area contributed by atoms with Crippen LogP contribution in [0, 0.1) is 27.7 Å². The zero-order chi connectivity index (χ0) is 22.2. The molecule has 3 aromatic rings. The molecule has 0 atom stereocenters. The van der Waals surface area contributed by atoms with Crippen molar-refractivity contribution in [1.29, 1.82) is 0 Å². The lowest BCUT2D eigenvalue weighted by molar-refractivity contribution is -0.686. The summed E-state index contributed by atoms with van der Waals surface area (Å²) in [5, 5.41) is 2.32. The van der Waals surface area contributed by atoms with E-state index in [-0.39, 0.29) is 12.6 Å². The molecule has 0 aromatic heterocycles. The first kappa shape index (κ1) is 22.5. The van der Waals surface area contributed by atoms with Gasteiger partial charge in [-0.3, -0.25) is 0 Å². The Morgan fingerprint density at radius 3 is 1.94 bits per heavy atom. The highest BCUT2D eigenvalue weighted by Gasteiger charge is 2.07. The minimum absolute atomic E-state index is 0.261. The van der Waals surface area contributed by atoms with Gasteiger partial charge in [0, 0.05) is 11.1 Å². The fraction of sp³-hybridized carbons (Fsp3) is 0.250. The van der Waals surface area contributed by atoms with E-state index in [1.165, 1.54) is 22.3 Å². The zero-order valence-electron chi connectivity index (χ0n) is 18.9. The van der Waals surface area contributed by atoms with Gasteiger partial charge in [-0.05, 0) is 51.5 Å². The van der Waals surface area contributed by atoms with Crippen molar-refractivity contribution >= 4 is 12.0 Å². The van der Waals surface area contributed by atoms with E-state index in [0.717, 1.165) is 29.8 Å². The van der Waals surface area contributed by atoms with E-state index in [9.17, 15) is 4.79 Å².